The van der Waals surface area contributed by atoms with Crippen molar-refractivity contribution in [3.63, 3.8) is 0 Å². The molecule has 1 aromatic rings. The van der Waals surface area contributed by atoms with E-state index in [9.17, 15) is 9.59 Å². The second-order valence-electron chi connectivity index (χ2n) is 3.38. The second kappa shape index (κ2) is 5.64. The van der Waals surface area contributed by atoms with Crippen molar-refractivity contribution >= 4 is 17.7 Å². The molecule has 0 aliphatic rings. The maximum Gasteiger partial charge on any atom is 0.311 e. The largest absolute Gasteiger partial charge is 0.427 e. The molecular weight excluding hydrogens is 222 g/mol. The summed E-state index contributed by atoms with van der Waals surface area (Å²) in [5, 5.41) is 7.18. The van der Waals surface area contributed by atoms with Crippen LogP contribution in [0.4, 0.5) is 0 Å². The van der Waals surface area contributed by atoms with Gasteiger partial charge in [-0.2, -0.15) is 0 Å². The predicted octanol–water partition coefficient (Wildman–Crippen LogP) is 0.142. The molecule has 0 fully saturated rings. The van der Waals surface area contributed by atoms with E-state index in [1.165, 1.54) is 12.1 Å². The van der Waals surface area contributed by atoms with Crippen LogP contribution in [-0.4, -0.2) is 17.7 Å². The molecule has 90 valence electrons. The van der Waals surface area contributed by atoms with Crippen LogP contribution >= 0.6 is 0 Å². The van der Waals surface area contributed by atoms with Crippen molar-refractivity contribution < 1.29 is 14.3 Å². The number of nitrogen functional groups attached to an aromatic ring is 1. The van der Waals surface area contributed by atoms with Crippen LogP contribution in [0.2, 0.25) is 0 Å². The summed E-state index contributed by atoms with van der Waals surface area (Å²) in [4.78, 5) is 21.7. The molecule has 1 aromatic carbocycles. The minimum atomic E-state index is -0.547. The molecule has 0 aliphatic carbocycles. The number of nitrogens with two attached hydrogens (primary N) is 2. The topological polar surface area (TPSA) is 119 Å². The SMILES string of the molecule is N=C(N)c1ccc(OC(=O)CCC(N)=O)cc1. The van der Waals surface area contributed by atoms with Crippen molar-refractivity contribution in [2.45, 2.75) is 12.8 Å². The number of primary amides is 1. The molecular formula is C11H13N3O3. The Morgan fingerprint density at radius 2 is 1.71 bits per heavy atom. The van der Waals surface area contributed by atoms with Crippen molar-refractivity contribution in [2.24, 2.45) is 11.5 Å². The third-order valence-corrected chi connectivity index (χ3v) is 1.97. The summed E-state index contributed by atoms with van der Waals surface area (Å²) in [6.07, 6.45) is -0.0891. The van der Waals surface area contributed by atoms with E-state index in [-0.39, 0.29) is 18.7 Å². The zero-order valence-corrected chi connectivity index (χ0v) is 9.10. The molecule has 0 aromatic heterocycles. The summed E-state index contributed by atoms with van der Waals surface area (Å²) in [7, 11) is 0. The van der Waals surface area contributed by atoms with Crippen LogP contribution in [0.3, 0.4) is 0 Å². The number of carbonyl (C=O) groups is 2. The van der Waals surface area contributed by atoms with Gasteiger partial charge < -0.3 is 16.2 Å². The average molecular weight is 235 g/mol. The van der Waals surface area contributed by atoms with Gasteiger partial charge in [0.2, 0.25) is 5.91 Å². The van der Waals surface area contributed by atoms with Crippen LogP contribution < -0.4 is 16.2 Å². The van der Waals surface area contributed by atoms with E-state index in [1.54, 1.807) is 12.1 Å². The minimum absolute atomic E-state index is 0.0373. The molecule has 6 heteroatoms. The van der Waals surface area contributed by atoms with Gasteiger partial charge in [-0.1, -0.05) is 0 Å². The maximum absolute atomic E-state index is 11.2. The zero-order valence-electron chi connectivity index (χ0n) is 9.10. The maximum atomic E-state index is 11.2. The Morgan fingerprint density at radius 3 is 2.18 bits per heavy atom. The van der Waals surface area contributed by atoms with Crippen LogP contribution in [0.25, 0.3) is 0 Å². The normalized spacial score (nSPS) is 9.65. The van der Waals surface area contributed by atoms with Gasteiger partial charge in [-0.25, -0.2) is 0 Å². The Hall–Kier alpha value is -2.37. The summed E-state index contributed by atoms with van der Waals surface area (Å²) >= 11 is 0. The summed E-state index contributed by atoms with van der Waals surface area (Å²) in [6, 6.07) is 6.19. The number of benzene rings is 1. The predicted molar refractivity (Wildman–Crippen MR) is 61.5 cm³/mol. The van der Waals surface area contributed by atoms with Crippen molar-refractivity contribution in [2.75, 3.05) is 0 Å². The van der Waals surface area contributed by atoms with Crippen molar-refractivity contribution in [3.05, 3.63) is 29.8 Å². The van der Waals surface area contributed by atoms with Crippen molar-refractivity contribution in [1.29, 1.82) is 5.41 Å². The van der Waals surface area contributed by atoms with Gasteiger partial charge in [0.1, 0.15) is 11.6 Å². The number of hydrogen-bond acceptors (Lipinski definition) is 4. The first-order valence-electron chi connectivity index (χ1n) is 4.92. The summed E-state index contributed by atoms with van der Waals surface area (Å²) in [5.41, 5.74) is 10.7. The fourth-order valence-electron chi connectivity index (χ4n) is 1.11. The lowest BCUT2D eigenvalue weighted by atomic mass is 10.2. The molecule has 0 radical (unpaired) electrons. The molecule has 1 amide bonds. The summed E-state index contributed by atoms with van der Waals surface area (Å²) in [5.74, 6) is -0.797. The fourth-order valence-corrected chi connectivity index (χ4v) is 1.11. The second-order valence-corrected chi connectivity index (χ2v) is 3.38. The molecule has 6 nitrogen and oxygen atoms in total. The number of amidine groups is 1. The van der Waals surface area contributed by atoms with Gasteiger partial charge in [0.05, 0.1) is 6.42 Å². The Labute approximate surface area is 98.1 Å². The molecule has 0 saturated carbocycles. The number of rotatable bonds is 5. The number of nitrogens with one attached hydrogen (secondary N) is 1. The Bertz CT molecular complexity index is 440. The zero-order chi connectivity index (χ0) is 12.8. The third-order valence-electron chi connectivity index (χ3n) is 1.97. The smallest absolute Gasteiger partial charge is 0.311 e. The van der Waals surface area contributed by atoms with Crippen LogP contribution in [0.1, 0.15) is 18.4 Å². The van der Waals surface area contributed by atoms with Gasteiger partial charge in [-0.05, 0) is 24.3 Å². The number of ether oxygens (including phenoxy) is 1. The first-order chi connectivity index (χ1) is 7.99. The highest BCUT2D eigenvalue weighted by atomic mass is 16.5. The highest BCUT2D eigenvalue weighted by Gasteiger charge is 2.07. The molecule has 0 spiro atoms. The van der Waals surface area contributed by atoms with Gasteiger partial charge in [0, 0.05) is 12.0 Å². The summed E-state index contributed by atoms with van der Waals surface area (Å²) < 4.78 is 4.94. The van der Waals surface area contributed by atoms with Gasteiger partial charge >= 0.3 is 5.97 Å². The number of esters is 1. The van der Waals surface area contributed by atoms with Gasteiger partial charge in [-0.3, -0.25) is 15.0 Å². The highest BCUT2D eigenvalue weighted by molar-refractivity contribution is 5.95. The van der Waals surface area contributed by atoms with Crippen molar-refractivity contribution in [3.8, 4) is 5.75 Å². The molecule has 5 N–H and O–H groups in total. The monoisotopic (exact) mass is 235 g/mol. The van der Waals surface area contributed by atoms with Crippen LogP contribution in [0.15, 0.2) is 24.3 Å². The molecule has 0 bridgehead atoms. The van der Waals surface area contributed by atoms with Crippen LogP contribution in [0.5, 0.6) is 5.75 Å². The molecule has 0 atom stereocenters. The van der Waals surface area contributed by atoms with E-state index in [0.29, 0.717) is 11.3 Å². The Kier molecular flexibility index (Phi) is 4.21. The van der Waals surface area contributed by atoms with Crippen LogP contribution in [-0.2, 0) is 9.59 Å². The molecule has 0 unspecified atom stereocenters. The number of hydrogen-bond donors (Lipinski definition) is 3. The first kappa shape index (κ1) is 12.7. The van der Waals surface area contributed by atoms with Gasteiger partial charge in [0.15, 0.2) is 0 Å². The quantitative estimate of drug-likeness (QED) is 0.291. The molecule has 0 heterocycles. The number of amides is 1. The lowest BCUT2D eigenvalue weighted by Gasteiger charge is -2.04. The lowest BCUT2D eigenvalue weighted by molar-refractivity contribution is -0.136. The standard InChI is InChI=1S/C11H13N3O3/c12-9(15)5-6-10(16)17-8-3-1-7(2-4-8)11(13)14/h1-4H,5-6H2,(H2,12,15)(H3,13,14). The van der Waals surface area contributed by atoms with E-state index in [1.807, 2.05) is 0 Å². The van der Waals surface area contributed by atoms with E-state index >= 15 is 0 Å². The molecule has 1 rings (SSSR count). The average Bonchev–Trinajstić information content (AvgIpc) is 2.27. The van der Waals surface area contributed by atoms with E-state index in [2.05, 4.69) is 0 Å². The number of carbonyl (C=O) groups excluding carboxylic acids is 2. The lowest BCUT2D eigenvalue weighted by Crippen LogP contribution is -2.15. The minimum Gasteiger partial charge on any atom is -0.427 e. The summed E-state index contributed by atoms with van der Waals surface area (Å²) in [6.45, 7) is 0. The molecule has 0 saturated heterocycles. The highest BCUT2D eigenvalue weighted by Crippen LogP contribution is 2.12. The first-order valence-corrected chi connectivity index (χ1v) is 4.92. The molecule has 17 heavy (non-hydrogen) atoms. The fraction of sp³-hybridized carbons (Fsp3) is 0.182. The van der Waals surface area contributed by atoms with E-state index in [0.717, 1.165) is 0 Å². The third kappa shape index (κ3) is 4.33. The van der Waals surface area contributed by atoms with E-state index < -0.39 is 11.9 Å². The molecule has 0 aliphatic heterocycles. The Balaban J connectivity index is 2.54. The van der Waals surface area contributed by atoms with Gasteiger partial charge in [-0.15, -0.1) is 0 Å². The van der Waals surface area contributed by atoms with E-state index in [4.69, 9.17) is 21.6 Å². The Morgan fingerprint density at radius 1 is 1.12 bits per heavy atom. The van der Waals surface area contributed by atoms with Crippen molar-refractivity contribution in [1.82, 2.24) is 0 Å². The van der Waals surface area contributed by atoms with Crippen LogP contribution in [0, 0.1) is 5.41 Å². The van der Waals surface area contributed by atoms with Gasteiger partial charge in [0.25, 0.3) is 0 Å².